The standard InChI is InChI=1S/C15H26N6/c1-5-11-8-12(21(7-3)18-11)9-15(17-16)13-10-20(4)19-14(13)6-2/h8,10,15,17H,5-7,9,16H2,1-4H3. The zero-order valence-corrected chi connectivity index (χ0v) is 13.4. The normalized spacial score (nSPS) is 12.8. The molecule has 0 amide bonds. The van der Waals surface area contributed by atoms with Crippen molar-refractivity contribution in [3.63, 3.8) is 0 Å². The molecule has 2 heterocycles. The molecule has 0 spiro atoms. The molecule has 1 atom stereocenters. The summed E-state index contributed by atoms with van der Waals surface area (Å²) in [5, 5.41) is 9.11. The molecule has 0 bridgehead atoms. The minimum absolute atomic E-state index is 0.0559. The van der Waals surface area contributed by atoms with E-state index in [1.165, 1.54) is 11.3 Å². The van der Waals surface area contributed by atoms with Gasteiger partial charge in [-0.25, -0.2) is 0 Å². The molecule has 6 nitrogen and oxygen atoms in total. The summed E-state index contributed by atoms with van der Waals surface area (Å²) in [7, 11) is 1.95. The summed E-state index contributed by atoms with van der Waals surface area (Å²) in [5.41, 5.74) is 7.55. The first kappa shape index (κ1) is 15.7. The molecule has 21 heavy (non-hydrogen) atoms. The highest BCUT2D eigenvalue weighted by atomic mass is 15.3. The fourth-order valence-corrected chi connectivity index (χ4v) is 2.71. The van der Waals surface area contributed by atoms with Crippen LogP contribution in [0.25, 0.3) is 0 Å². The molecule has 0 aliphatic rings. The van der Waals surface area contributed by atoms with Crippen molar-refractivity contribution in [2.75, 3.05) is 0 Å². The van der Waals surface area contributed by atoms with Gasteiger partial charge in [0.2, 0.25) is 0 Å². The number of nitrogens with one attached hydrogen (secondary N) is 1. The maximum atomic E-state index is 5.80. The van der Waals surface area contributed by atoms with Crippen molar-refractivity contribution in [1.29, 1.82) is 0 Å². The van der Waals surface area contributed by atoms with Gasteiger partial charge in [0.05, 0.1) is 17.4 Å². The summed E-state index contributed by atoms with van der Waals surface area (Å²) in [5.74, 6) is 5.80. The largest absolute Gasteiger partial charge is 0.275 e. The van der Waals surface area contributed by atoms with Crippen molar-refractivity contribution < 1.29 is 0 Å². The minimum atomic E-state index is 0.0559. The van der Waals surface area contributed by atoms with Crippen LogP contribution in [0.4, 0.5) is 0 Å². The van der Waals surface area contributed by atoms with Crippen molar-refractivity contribution in [2.24, 2.45) is 12.9 Å². The van der Waals surface area contributed by atoms with E-state index >= 15 is 0 Å². The highest BCUT2D eigenvalue weighted by molar-refractivity contribution is 5.24. The van der Waals surface area contributed by atoms with Gasteiger partial charge >= 0.3 is 0 Å². The van der Waals surface area contributed by atoms with E-state index in [9.17, 15) is 0 Å². The highest BCUT2D eigenvalue weighted by Crippen LogP contribution is 2.22. The van der Waals surface area contributed by atoms with Gasteiger partial charge in [0.25, 0.3) is 0 Å². The Morgan fingerprint density at radius 1 is 1.24 bits per heavy atom. The Morgan fingerprint density at radius 3 is 2.57 bits per heavy atom. The third-order valence-corrected chi connectivity index (χ3v) is 3.84. The van der Waals surface area contributed by atoms with Gasteiger partial charge in [-0.15, -0.1) is 0 Å². The fraction of sp³-hybridized carbons (Fsp3) is 0.600. The maximum absolute atomic E-state index is 5.80. The summed E-state index contributed by atoms with van der Waals surface area (Å²) >= 11 is 0. The van der Waals surface area contributed by atoms with Crippen LogP contribution in [0.3, 0.4) is 0 Å². The number of hydrazine groups is 1. The van der Waals surface area contributed by atoms with Gasteiger partial charge in [-0.05, 0) is 25.8 Å². The number of nitrogens with zero attached hydrogens (tertiary/aromatic N) is 4. The van der Waals surface area contributed by atoms with Crippen molar-refractivity contribution in [2.45, 2.75) is 52.6 Å². The van der Waals surface area contributed by atoms with Gasteiger partial charge in [-0.3, -0.25) is 20.6 Å². The SMILES string of the molecule is CCc1cc(CC(NN)c2cn(C)nc2CC)n(CC)n1. The van der Waals surface area contributed by atoms with E-state index in [1.54, 1.807) is 0 Å². The molecule has 116 valence electrons. The molecular weight excluding hydrogens is 264 g/mol. The average Bonchev–Trinajstić information content (AvgIpc) is 3.07. The molecular formula is C15H26N6. The topological polar surface area (TPSA) is 73.7 Å². The van der Waals surface area contributed by atoms with Crippen molar-refractivity contribution in [3.05, 3.63) is 34.9 Å². The first-order valence-corrected chi connectivity index (χ1v) is 7.66. The molecule has 2 aromatic rings. The van der Waals surface area contributed by atoms with Gasteiger partial charge in [0, 0.05) is 37.5 Å². The molecule has 3 N–H and O–H groups in total. The van der Waals surface area contributed by atoms with Crippen LogP contribution < -0.4 is 11.3 Å². The number of rotatable bonds is 7. The summed E-state index contributed by atoms with van der Waals surface area (Å²) < 4.78 is 3.91. The lowest BCUT2D eigenvalue weighted by atomic mass is 10.0. The number of nitrogens with two attached hydrogens (primary N) is 1. The van der Waals surface area contributed by atoms with Crippen LogP contribution in [0.15, 0.2) is 12.3 Å². The van der Waals surface area contributed by atoms with Crippen molar-refractivity contribution in [1.82, 2.24) is 25.0 Å². The third kappa shape index (κ3) is 3.33. The summed E-state index contributed by atoms with van der Waals surface area (Å²) in [4.78, 5) is 0. The number of hydrogen-bond donors (Lipinski definition) is 2. The Kier molecular flexibility index (Phi) is 5.14. The van der Waals surface area contributed by atoms with Crippen LogP contribution in [0.2, 0.25) is 0 Å². The van der Waals surface area contributed by atoms with E-state index in [-0.39, 0.29) is 6.04 Å². The lowest BCUT2D eigenvalue weighted by Crippen LogP contribution is -2.30. The second-order valence-electron chi connectivity index (χ2n) is 5.28. The minimum Gasteiger partial charge on any atom is -0.275 e. The predicted octanol–water partition coefficient (Wildman–Crippen LogP) is 1.51. The first-order valence-electron chi connectivity index (χ1n) is 7.66. The molecule has 1 unspecified atom stereocenters. The van der Waals surface area contributed by atoms with Crippen LogP contribution in [-0.4, -0.2) is 19.6 Å². The van der Waals surface area contributed by atoms with Gasteiger partial charge < -0.3 is 0 Å². The number of aryl methyl sites for hydroxylation is 4. The highest BCUT2D eigenvalue weighted by Gasteiger charge is 2.19. The predicted molar refractivity (Wildman–Crippen MR) is 83.6 cm³/mol. The van der Waals surface area contributed by atoms with Gasteiger partial charge in [-0.2, -0.15) is 10.2 Å². The lowest BCUT2D eigenvalue weighted by Gasteiger charge is -2.16. The monoisotopic (exact) mass is 290 g/mol. The molecule has 0 aromatic carbocycles. The van der Waals surface area contributed by atoms with E-state index in [0.29, 0.717) is 0 Å². The quantitative estimate of drug-likeness (QED) is 0.599. The van der Waals surface area contributed by atoms with Gasteiger partial charge in [0.1, 0.15) is 0 Å². The molecule has 0 saturated heterocycles. The first-order chi connectivity index (χ1) is 10.1. The molecule has 0 radical (unpaired) electrons. The van der Waals surface area contributed by atoms with Crippen LogP contribution in [0.5, 0.6) is 0 Å². The molecule has 0 aliphatic heterocycles. The van der Waals surface area contributed by atoms with Gasteiger partial charge in [-0.1, -0.05) is 13.8 Å². The van der Waals surface area contributed by atoms with E-state index in [1.807, 2.05) is 11.7 Å². The molecule has 0 fully saturated rings. The summed E-state index contributed by atoms with van der Waals surface area (Å²) in [6.07, 6.45) is 4.72. The van der Waals surface area contributed by atoms with Crippen LogP contribution in [-0.2, 0) is 32.9 Å². The van der Waals surface area contributed by atoms with E-state index in [0.717, 1.165) is 37.2 Å². The second kappa shape index (κ2) is 6.87. The van der Waals surface area contributed by atoms with Crippen LogP contribution >= 0.6 is 0 Å². The fourth-order valence-electron chi connectivity index (χ4n) is 2.71. The third-order valence-electron chi connectivity index (χ3n) is 3.84. The average molecular weight is 290 g/mol. The Bertz CT molecular complexity index is 583. The Hall–Kier alpha value is -1.66. The summed E-state index contributed by atoms with van der Waals surface area (Å²) in [6.45, 7) is 7.23. The number of hydrogen-bond acceptors (Lipinski definition) is 4. The van der Waals surface area contributed by atoms with E-state index < -0.39 is 0 Å². The molecule has 2 rings (SSSR count). The van der Waals surface area contributed by atoms with Crippen molar-refractivity contribution in [3.8, 4) is 0 Å². The Labute approximate surface area is 126 Å². The zero-order valence-electron chi connectivity index (χ0n) is 13.4. The van der Waals surface area contributed by atoms with E-state index in [4.69, 9.17) is 5.84 Å². The Balaban J connectivity index is 2.28. The molecule has 2 aromatic heterocycles. The maximum Gasteiger partial charge on any atom is 0.0670 e. The van der Waals surface area contributed by atoms with Gasteiger partial charge in [0.15, 0.2) is 0 Å². The van der Waals surface area contributed by atoms with Crippen molar-refractivity contribution >= 4 is 0 Å². The number of aromatic nitrogens is 4. The molecule has 6 heteroatoms. The van der Waals surface area contributed by atoms with Crippen LogP contribution in [0, 0.1) is 0 Å². The Morgan fingerprint density at radius 2 is 2.00 bits per heavy atom. The second-order valence-corrected chi connectivity index (χ2v) is 5.28. The molecule has 0 saturated carbocycles. The molecule has 0 aliphatic carbocycles. The van der Waals surface area contributed by atoms with Crippen LogP contribution in [0.1, 0.15) is 49.5 Å². The summed E-state index contributed by atoms with van der Waals surface area (Å²) in [6, 6.07) is 2.23. The zero-order chi connectivity index (χ0) is 15.4. The van der Waals surface area contributed by atoms with E-state index in [2.05, 4.69) is 53.3 Å². The smallest absolute Gasteiger partial charge is 0.0670 e. The lowest BCUT2D eigenvalue weighted by molar-refractivity contribution is 0.513.